The second kappa shape index (κ2) is 10.1. The third-order valence-corrected chi connectivity index (χ3v) is 3.75. The predicted molar refractivity (Wildman–Crippen MR) is 105 cm³/mol. The van der Waals surface area contributed by atoms with Gasteiger partial charge in [0.1, 0.15) is 11.5 Å². The Kier molecular flexibility index (Phi) is 7.57. The van der Waals surface area contributed by atoms with Gasteiger partial charge in [0.2, 0.25) is 5.91 Å². The lowest BCUT2D eigenvalue weighted by molar-refractivity contribution is -0.122. The molecule has 0 saturated carbocycles. The zero-order valence-corrected chi connectivity index (χ0v) is 15.9. The summed E-state index contributed by atoms with van der Waals surface area (Å²) in [5, 5.41) is 2.41. The van der Waals surface area contributed by atoms with Gasteiger partial charge < -0.3 is 9.47 Å². The first-order valence-corrected chi connectivity index (χ1v) is 8.59. The quantitative estimate of drug-likeness (QED) is 0.516. The average Bonchev–Trinajstić information content (AvgIpc) is 2.66. The number of amides is 2. The summed E-state index contributed by atoms with van der Waals surface area (Å²) in [6, 6.07) is 14.5. The van der Waals surface area contributed by atoms with Crippen LogP contribution >= 0.6 is 12.2 Å². The molecular formula is C19H21N3O4S. The molecule has 0 heterocycles. The standard InChI is InChI=1S/C19H21N3O4S/c1-13-5-3-4-6-16(13)26-12-18(24)20-19(27)22-21-17(23)11-14-7-9-15(25-2)10-8-14/h3-10H,11-12H2,1-2H3,(H,21,23)(H2,20,22,24,27). The summed E-state index contributed by atoms with van der Waals surface area (Å²) in [7, 11) is 1.58. The summed E-state index contributed by atoms with van der Waals surface area (Å²) in [5.41, 5.74) is 6.66. The van der Waals surface area contributed by atoms with Crippen molar-refractivity contribution in [1.29, 1.82) is 0 Å². The molecule has 142 valence electrons. The summed E-state index contributed by atoms with van der Waals surface area (Å²) in [6.45, 7) is 1.70. The van der Waals surface area contributed by atoms with Crippen LogP contribution < -0.4 is 25.6 Å². The molecule has 0 aromatic heterocycles. The van der Waals surface area contributed by atoms with E-state index in [1.807, 2.05) is 25.1 Å². The molecule has 0 saturated heterocycles. The molecule has 0 bridgehead atoms. The molecule has 0 radical (unpaired) electrons. The van der Waals surface area contributed by atoms with Crippen molar-refractivity contribution >= 4 is 29.1 Å². The van der Waals surface area contributed by atoms with Crippen LogP contribution in [-0.2, 0) is 16.0 Å². The molecule has 0 atom stereocenters. The average molecular weight is 387 g/mol. The van der Waals surface area contributed by atoms with Crippen LogP contribution in [0.15, 0.2) is 48.5 Å². The number of carbonyl (C=O) groups excluding carboxylic acids is 2. The number of nitrogens with one attached hydrogen (secondary N) is 3. The fraction of sp³-hybridized carbons (Fsp3) is 0.211. The van der Waals surface area contributed by atoms with E-state index in [2.05, 4.69) is 16.2 Å². The van der Waals surface area contributed by atoms with Gasteiger partial charge in [-0.15, -0.1) is 0 Å². The van der Waals surface area contributed by atoms with Crippen molar-refractivity contribution in [1.82, 2.24) is 16.2 Å². The third-order valence-electron chi connectivity index (χ3n) is 3.54. The maximum absolute atomic E-state index is 11.9. The molecule has 7 nitrogen and oxygen atoms in total. The minimum atomic E-state index is -0.430. The van der Waals surface area contributed by atoms with E-state index in [9.17, 15) is 9.59 Å². The molecule has 2 amide bonds. The first kappa shape index (κ1) is 20.2. The SMILES string of the molecule is COc1ccc(CC(=O)NNC(=S)NC(=O)COc2ccccc2C)cc1. The van der Waals surface area contributed by atoms with Gasteiger partial charge in [-0.2, -0.15) is 0 Å². The van der Waals surface area contributed by atoms with E-state index in [1.165, 1.54) is 0 Å². The van der Waals surface area contributed by atoms with Crippen LogP contribution in [-0.4, -0.2) is 30.6 Å². The fourth-order valence-corrected chi connectivity index (χ4v) is 2.32. The van der Waals surface area contributed by atoms with E-state index >= 15 is 0 Å². The van der Waals surface area contributed by atoms with Crippen LogP contribution in [0.3, 0.4) is 0 Å². The lowest BCUT2D eigenvalue weighted by atomic mass is 10.1. The van der Waals surface area contributed by atoms with E-state index in [0.717, 1.165) is 11.1 Å². The van der Waals surface area contributed by atoms with Crippen LogP contribution in [0.5, 0.6) is 11.5 Å². The lowest BCUT2D eigenvalue weighted by Crippen LogP contribution is -2.49. The second-order valence-corrected chi connectivity index (χ2v) is 6.04. The molecule has 0 aliphatic rings. The zero-order valence-electron chi connectivity index (χ0n) is 15.1. The number of aryl methyl sites for hydroxylation is 1. The summed E-state index contributed by atoms with van der Waals surface area (Å²) in [4.78, 5) is 23.7. The number of hydrogen-bond acceptors (Lipinski definition) is 5. The van der Waals surface area contributed by atoms with Crippen LogP contribution in [0.4, 0.5) is 0 Å². The molecule has 3 N–H and O–H groups in total. The Morgan fingerprint density at radius 2 is 1.70 bits per heavy atom. The molecule has 0 spiro atoms. The maximum atomic E-state index is 11.9. The number of carbonyl (C=O) groups is 2. The predicted octanol–water partition coefficient (Wildman–Crippen LogP) is 1.65. The highest BCUT2D eigenvalue weighted by atomic mass is 32.1. The lowest BCUT2D eigenvalue weighted by Gasteiger charge is -2.12. The van der Waals surface area contributed by atoms with Crippen molar-refractivity contribution in [2.75, 3.05) is 13.7 Å². The van der Waals surface area contributed by atoms with Gasteiger partial charge in [-0.1, -0.05) is 30.3 Å². The van der Waals surface area contributed by atoms with Crippen molar-refractivity contribution in [2.24, 2.45) is 0 Å². The van der Waals surface area contributed by atoms with Crippen molar-refractivity contribution in [3.05, 3.63) is 59.7 Å². The van der Waals surface area contributed by atoms with Crippen molar-refractivity contribution in [2.45, 2.75) is 13.3 Å². The maximum Gasteiger partial charge on any atom is 0.264 e. The van der Waals surface area contributed by atoms with Gasteiger partial charge in [-0.3, -0.25) is 25.8 Å². The number of hydrazine groups is 1. The Labute approximate surface area is 163 Å². The van der Waals surface area contributed by atoms with E-state index in [-0.39, 0.29) is 24.0 Å². The summed E-state index contributed by atoms with van der Waals surface area (Å²) < 4.78 is 10.5. The van der Waals surface area contributed by atoms with Gasteiger partial charge >= 0.3 is 0 Å². The highest BCUT2D eigenvalue weighted by Crippen LogP contribution is 2.15. The number of hydrogen-bond donors (Lipinski definition) is 3. The van der Waals surface area contributed by atoms with Crippen LogP contribution in [0, 0.1) is 6.92 Å². The van der Waals surface area contributed by atoms with Gasteiger partial charge in [0.25, 0.3) is 5.91 Å². The topological polar surface area (TPSA) is 88.7 Å². The van der Waals surface area contributed by atoms with Gasteiger partial charge in [0, 0.05) is 0 Å². The molecule has 2 aromatic rings. The number of methoxy groups -OCH3 is 1. The number of rotatable bonds is 6. The number of para-hydroxylation sites is 1. The van der Waals surface area contributed by atoms with Gasteiger partial charge in [-0.05, 0) is 48.5 Å². The fourth-order valence-electron chi connectivity index (χ4n) is 2.16. The Morgan fingerprint density at radius 3 is 2.37 bits per heavy atom. The van der Waals surface area contributed by atoms with Crippen molar-refractivity contribution < 1.29 is 19.1 Å². The van der Waals surface area contributed by atoms with Crippen LogP contribution in [0.1, 0.15) is 11.1 Å². The van der Waals surface area contributed by atoms with Crippen LogP contribution in [0.2, 0.25) is 0 Å². The number of ether oxygens (including phenoxy) is 2. The highest BCUT2D eigenvalue weighted by Gasteiger charge is 2.08. The minimum Gasteiger partial charge on any atom is -0.497 e. The van der Waals surface area contributed by atoms with Gasteiger partial charge in [-0.25, -0.2) is 0 Å². The van der Waals surface area contributed by atoms with E-state index in [0.29, 0.717) is 11.5 Å². The van der Waals surface area contributed by atoms with Crippen molar-refractivity contribution in [3.8, 4) is 11.5 Å². The molecule has 2 rings (SSSR count). The molecule has 0 unspecified atom stereocenters. The smallest absolute Gasteiger partial charge is 0.264 e. The number of benzene rings is 2. The van der Waals surface area contributed by atoms with Gasteiger partial charge in [0.15, 0.2) is 11.7 Å². The summed E-state index contributed by atoms with van der Waals surface area (Å²) in [6.07, 6.45) is 0.157. The number of thiocarbonyl (C=S) groups is 1. The third kappa shape index (κ3) is 6.95. The van der Waals surface area contributed by atoms with Crippen LogP contribution in [0.25, 0.3) is 0 Å². The Balaban J connectivity index is 1.69. The minimum absolute atomic E-state index is 0.0172. The van der Waals surface area contributed by atoms with E-state index in [1.54, 1.807) is 37.4 Å². The Morgan fingerprint density at radius 1 is 1.00 bits per heavy atom. The molecule has 2 aromatic carbocycles. The van der Waals surface area contributed by atoms with Crippen molar-refractivity contribution in [3.63, 3.8) is 0 Å². The second-order valence-electron chi connectivity index (χ2n) is 5.63. The normalized spacial score (nSPS) is 9.85. The summed E-state index contributed by atoms with van der Waals surface area (Å²) in [5.74, 6) is 0.612. The van der Waals surface area contributed by atoms with E-state index in [4.69, 9.17) is 21.7 Å². The first-order valence-electron chi connectivity index (χ1n) is 8.18. The molecule has 8 heteroatoms. The first-order chi connectivity index (χ1) is 13.0. The zero-order chi connectivity index (χ0) is 19.6. The molecular weight excluding hydrogens is 366 g/mol. The Bertz CT molecular complexity index is 809. The van der Waals surface area contributed by atoms with Gasteiger partial charge in [0.05, 0.1) is 13.5 Å². The molecule has 27 heavy (non-hydrogen) atoms. The molecule has 0 fully saturated rings. The highest BCUT2D eigenvalue weighted by molar-refractivity contribution is 7.80. The van der Waals surface area contributed by atoms with E-state index < -0.39 is 5.91 Å². The molecule has 0 aliphatic heterocycles. The summed E-state index contributed by atoms with van der Waals surface area (Å²) >= 11 is 4.97. The largest absolute Gasteiger partial charge is 0.497 e. The molecule has 0 aliphatic carbocycles. The monoisotopic (exact) mass is 387 g/mol. The Hall–Kier alpha value is -3.13.